The number of methoxy groups -OCH3 is 1. The summed E-state index contributed by atoms with van der Waals surface area (Å²) >= 11 is 0. The van der Waals surface area contributed by atoms with Crippen LogP contribution in [0.2, 0.25) is 0 Å². The van der Waals surface area contributed by atoms with Crippen LogP contribution in [0.1, 0.15) is 36.6 Å². The molecule has 1 aromatic heterocycles. The number of oxazole rings is 1. The first-order valence-electron chi connectivity index (χ1n) is 7.48. The topological polar surface area (TPSA) is 47.7 Å². The Morgan fingerprint density at radius 2 is 2.20 bits per heavy atom. The van der Waals surface area contributed by atoms with Gasteiger partial charge in [0.2, 0.25) is 5.89 Å². The Bertz CT molecular complexity index is 440. The molecule has 3 rings (SSSR count). The largest absolute Gasteiger partial charge is 0.444 e. The summed E-state index contributed by atoms with van der Waals surface area (Å²) in [4.78, 5) is 6.95. The van der Waals surface area contributed by atoms with Crippen LogP contribution >= 0.6 is 0 Å². The Hall–Kier alpha value is -0.910. The normalized spacial score (nSPS) is 31.2. The van der Waals surface area contributed by atoms with E-state index in [1.54, 1.807) is 7.11 Å². The molecule has 112 valence electrons. The predicted molar refractivity (Wildman–Crippen MR) is 74.6 cm³/mol. The standard InChI is InChI=1S/C15H24N2O3/c1-10-11(2)20-15(16-10)9-17-6-7-19-14-5-4-12(18-3)8-13(14)17/h12-14H,4-9H2,1-3H3/t12-,13-,14+/m1/s1. The van der Waals surface area contributed by atoms with Gasteiger partial charge in [0.05, 0.1) is 31.1 Å². The van der Waals surface area contributed by atoms with Gasteiger partial charge in [-0.25, -0.2) is 4.98 Å². The van der Waals surface area contributed by atoms with Crippen molar-refractivity contribution in [3.05, 3.63) is 17.3 Å². The van der Waals surface area contributed by atoms with Gasteiger partial charge in [-0.1, -0.05) is 0 Å². The summed E-state index contributed by atoms with van der Waals surface area (Å²) in [6.45, 7) is 6.48. The fraction of sp³-hybridized carbons (Fsp3) is 0.800. The average Bonchev–Trinajstić information content (AvgIpc) is 2.77. The zero-order valence-electron chi connectivity index (χ0n) is 12.6. The van der Waals surface area contributed by atoms with Gasteiger partial charge in [0.25, 0.3) is 0 Å². The Kier molecular flexibility index (Phi) is 4.10. The minimum absolute atomic E-state index is 0.340. The molecule has 0 N–H and O–H groups in total. The van der Waals surface area contributed by atoms with Gasteiger partial charge in [0.15, 0.2) is 0 Å². The van der Waals surface area contributed by atoms with Crippen molar-refractivity contribution in [2.24, 2.45) is 0 Å². The lowest BCUT2D eigenvalue weighted by atomic mass is 9.88. The van der Waals surface area contributed by atoms with Crippen molar-refractivity contribution in [1.82, 2.24) is 9.88 Å². The van der Waals surface area contributed by atoms with Crippen molar-refractivity contribution in [2.75, 3.05) is 20.3 Å². The van der Waals surface area contributed by atoms with Crippen molar-refractivity contribution in [1.29, 1.82) is 0 Å². The molecule has 1 saturated heterocycles. The number of hydrogen-bond acceptors (Lipinski definition) is 5. The van der Waals surface area contributed by atoms with E-state index in [1.165, 1.54) is 0 Å². The molecule has 0 bridgehead atoms. The molecule has 0 aromatic carbocycles. The Morgan fingerprint density at radius 1 is 1.35 bits per heavy atom. The number of nitrogens with zero attached hydrogens (tertiary/aromatic N) is 2. The highest BCUT2D eigenvalue weighted by Crippen LogP contribution is 2.31. The maximum absolute atomic E-state index is 5.92. The second-order valence-electron chi connectivity index (χ2n) is 5.87. The van der Waals surface area contributed by atoms with Crippen LogP contribution in [-0.2, 0) is 16.0 Å². The maximum Gasteiger partial charge on any atom is 0.208 e. The highest BCUT2D eigenvalue weighted by Gasteiger charge is 2.38. The van der Waals surface area contributed by atoms with Crippen molar-refractivity contribution in [3.8, 4) is 0 Å². The van der Waals surface area contributed by atoms with Gasteiger partial charge in [-0.3, -0.25) is 4.90 Å². The lowest BCUT2D eigenvalue weighted by Crippen LogP contribution is -2.54. The molecule has 1 aliphatic heterocycles. The first kappa shape index (κ1) is 14.0. The zero-order valence-corrected chi connectivity index (χ0v) is 12.6. The van der Waals surface area contributed by atoms with Gasteiger partial charge in [-0.2, -0.15) is 0 Å². The number of aromatic nitrogens is 1. The van der Waals surface area contributed by atoms with E-state index in [-0.39, 0.29) is 0 Å². The third-order valence-corrected chi connectivity index (χ3v) is 4.63. The summed E-state index contributed by atoms with van der Waals surface area (Å²) < 4.78 is 17.2. The van der Waals surface area contributed by atoms with Crippen LogP contribution in [0, 0.1) is 13.8 Å². The molecular formula is C15H24N2O3. The number of rotatable bonds is 3. The Labute approximate surface area is 120 Å². The van der Waals surface area contributed by atoms with Gasteiger partial charge in [-0.05, 0) is 33.1 Å². The molecule has 3 atom stereocenters. The number of aryl methyl sites for hydroxylation is 2. The predicted octanol–water partition coefficient (Wildman–Crippen LogP) is 2.06. The number of hydrogen-bond donors (Lipinski definition) is 0. The Balaban J connectivity index is 1.70. The third-order valence-electron chi connectivity index (χ3n) is 4.63. The summed E-state index contributed by atoms with van der Waals surface area (Å²) in [6, 6.07) is 0.426. The van der Waals surface area contributed by atoms with Crippen LogP contribution in [-0.4, -0.2) is 48.4 Å². The summed E-state index contributed by atoms with van der Waals surface area (Å²) in [5.74, 6) is 1.74. The van der Waals surface area contributed by atoms with E-state index < -0.39 is 0 Å². The van der Waals surface area contributed by atoms with E-state index in [9.17, 15) is 0 Å². The molecule has 2 aliphatic rings. The number of fused-ring (bicyclic) bond motifs is 1. The molecule has 2 fully saturated rings. The molecule has 0 radical (unpaired) electrons. The molecule has 1 aliphatic carbocycles. The lowest BCUT2D eigenvalue weighted by Gasteiger charge is -2.45. The molecule has 5 heteroatoms. The van der Waals surface area contributed by atoms with Crippen LogP contribution < -0.4 is 0 Å². The second-order valence-corrected chi connectivity index (χ2v) is 5.87. The quantitative estimate of drug-likeness (QED) is 0.848. The molecule has 2 heterocycles. The monoisotopic (exact) mass is 280 g/mol. The summed E-state index contributed by atoms with van der Waals surface area (Å²) in [7, 11) is 1.81. The van der Waals surface area contributed by atoms with E-state index in [0.29, 0.717) is 18.2 Å². The smallest absolute Gasteiger partial charge is 0.208 e. The highest BCUT2D eigenvalue weighted by atomic mass is 16.5. The fourth-order valence-electron chi connectivity index (χ4n) is 3.34. The van der Waals surface area contributed by atoms with Crippen LogP contribution in [0.5, 0.6) is 0 Å². The summed E-state index contributed by atoms with van der Waals surface area (Å²) in [6.07, 6.45) is 3.92. The van der Waals surface area contributed by atoms with Crippen molar-refractivity contribution >= 4 is 0 Å². The first-order chi connectivity index (χ1) is 9.67. The van der Waals surface area contributed by atoms with E-state index in [4.69, 9.17) is 13.9 Å². The molecule has 5 nitrogen and oxygen atoms in total. The zero-order chi connectivity index (χ0) is 14.1. The summed E-state index contributed by atoms with van der Waals surface area (Å²) in [5, 5.41) is 0. The number of morpholine rings is 1. The van der Waals surface area contributed by atoms with E-state index >= 15 is 0 Å². The van der Waals surface area contributed by atoms with Crippen molar-refractivity contribution in [2.45, 2.75) is 57.9 Å². The Morgan fingerprint density at radius 3 is 2.90 bits per heavy atom. The van der Waals surface area contributed by atoms with E-state index in [1.807, 2.05) is 13.8 Å². The average molecular weight is 280 g/mol. The molecule has 0 spiro atoms. The van der Waals surface area contributed by atoms with Gasteiger partial charge in [-0.15, -0.1) is 0 Å². The highest BCUT2D eigenvalue weighted by molar-refractivity contribution is 5.05. The minimum Gasteiger partial charge on any atom is -0.444 e. The third kappa shape index (κ3) is 2.75. The molecule has 0 unspecified atom stereocenters. The molecule has 1 aromatic rings. The maximum atomic E-state index is 5.92. The van der Waals surface area contributed by atoms with Gasteiger partial charge in [0, 0.05) is 19.7 Å². The minimum atomic E-state index is 0.340. The molecule has 1 saturated carbocycles. The van der Waals surface area contributed by atoms with Crippen molar-refractivity contribution in [3.63, 3.8) is 0 Å². The molecular weight excluding hydrogens is 256 g/mol. The van der Waals surface area contributed by atoms with Crippen LogP contribution in [0.15, 0.2) is 4.42 Å². The lowest BCUT2D eigenvalue weighted by molar-refractivity contribution is -0.117. The SMILES string of the molecule is CO[C@@H]1CC[C@@H]2OCCN(Cc3nc(C)c(C)o3)[C@@H]2C1. The molecule has 20 heavy (non-hydrogen) atoms. The summed E-state index contributed by atoms with van der Waals surface area (Å²) in [5.41, 5.74) is 0.989. The first-order valence-corrected chi connectivity index (χ1v) is 7.48. The van der Waals surface area contributed by atoms with E-state index in [0.717, 1.165) is 56.3 Å². The second kappa shape index (κ2) is 5.84. The van der Waals surface area contributed by atoms with Gasteiger partial charge in [0.1, 0.15) is 5.76 Å². The van der Waals surface area contributed by atoms with Crippen LogP contribution in [0.3, 0.4) is 0 Å². The van der Waals surface area contributed by atoms with Gasteiger partial charge < -0.3 is 13.9 Å². The van der Waals surface area contributed by atoms with Crippen molar-refractivity contribution < 1.29 is 13.9 Å². The van der Waals surface area contributed by atoms with Gasteiger partial charge >= 0.3 is 0 Å². The van der Waals surface area contributed by atoms with Crippen LogP contribution in [0.25, 0.3) is 0 Å². The van der Waals surface area contributed by atoms with Crippen LogP contribution in [0.4, 0.5) is 0 Å². The number of ether oxygens (including phenoxy) is 2. The molecule has 0 amide bonds. The van der Waals surface area contributed by atoms with E-state index in [2.05, 4.69) is 9.88 Å². The fourth-order valence-corrected chi connectivity index (χ4v) is 3.34.